The summed E-state index contributed by atoms with van der Waals surface area (Å²) < 4.78 is 13.4. The summed E-state index contributed by atoms with van der Waals surface area (Å²) in [6.07, 6.45) is 0. The Kier molecular flexibility index (Phi) is 3.51. The van der Waals surface area contributed by atoms with Crippen molar-refractivity contribution in [3.63, 3.8) is 0 Å². The molecule has 0 aromatic heterocycles. The van der Waals surface area contributed by atoms with Crippen LogP contribution in [0.5, 0.6) is 0 Å². The van der Waals surface area contributed by atoms with Gasteiger partial charge in [-0.2, -0.15) is 0 Å². The van der Waals surface area contributed by atoms with Gasteiger partial charge in [0.15, 0.2) is 0 Å². The van der Waals surface area contributed by atoms with Gasteiger partial charge < -0.3 is 10.4 Å². The van der Waals surface area contributed by atoms with E-state index in [1.54, 1.807) is 0 Å². The molecule has 1 atom stereocenters. The molecule has 1 aliphatic rings. The van der Waals surface area contributed by atoms with Crippen LogP contribution >= 0.6 is 15.9 Å². The number of benzene rings is 1. The van der Waals surface area contributed by atoms with E-state index in [0.29, 0.717) is 10.5 Å². The second-order valence-electron chi connectivity index (χ2n) is 4.47. The van der Waals surface area contributed by atoms with Crippen LogP contribution < -0.4 is 5.32 Å². The van der Waals surface area contributed by atoms with Gasteiger partial charge in [0.05, 0.1) is 4.47 Å². The summed E-state index contributed by atoms with van der Waals surface area (Å²) >= 11 is 3.00. The summed E-state index contributed by atoms with van der Waals surface area (Å²) in [5.41, 5.74) is -1.06. The Morgan fingerprint density at radius 3 is 2.70 bits per heavy atom. The molecule has 1 heterocycles. The minimum atomic E-state index is -1.41. The number of amides is 3. The van der Waals surface area contributed by atoms with Crippen molar-refractivity contribution in [3.8, 4) is 0 Å². The number of nitrogens with one attached hydrogen (secondary N) is 1. The van der Waals surface area contributed by atoms with Gasteiger partial charge in [0.2, 0.25) is 0 Å². The van der Waals surface area contributed by atoms with Crippen LogP contribution in [0.1, 0.15) is 12.5 Å². The van der Waals surface area contributed by atoms with Crippen LogP contribution in [0.25, 0.3) is 0 Å². The lowest BCUT2D eigenvalue weighted by molar-refractivity contribution is -0.142. The molecule has 0 aliphatic carbocycles. The minimum Gasteiger partial charge on any atom is -0.480 e. The zero-order valence-corrected chi connectivity index (χ0v) is 11.9. The molecule has 1 aromatic carbocycles. The van der Waals surface area contributed by atoms with E-state index in [-0.39, 0.29) is 4.47 Å². The average molecular weight is 345 g/mol. The van der Waals surface area contributed by atoms with Crippen molar-refractivity contribution in [2.45, 2.75) is 12.5 Å². The first-order chi connectivity index (χ1) is 9.25. The summed E-state index contributed by atoms with van der Waals surface area (Å²) in [6.45, 7) is 0.720. The highest BCUT2D eigenvalue weighted by Gasteiger charge is 2.49. The Balaban J connectivity index is 2.40. The first-order valence-electron chi connectivity index (χ1n) is 5.57. The highest BCUT2D eigenvalue weighted by atomic mass is 79.9. The van der Waals surface area contributed by atoms with Gasteiger partial charge in [-0.3, -0.25) is 14.5 Å². The molecule has 0 spiro atoms. The molecule has 2 N–H and O–H groups in total. The molecule has 1 aromatic rings. The lowest BCUT2D eigenvalue weighted by Gasteiger charge is -2.22. The van der Waals surface area contributed by atoms with Crippen molar-refractivity contribution in [2.75, 3.05) is 6.54 Å². The fraction of sp³-hybridized carbons (Fsp3) is 0.250. The molecule has 0 radical (unpaired) electrons. The fourth-order valence-electron chi connectivity index (χ4n) is 1.98. The number of carboxylic acid groups (broad SMARTS) is 1. The average Bonchev–Trinajstić information content (AvgIpc) is 2.57. The molecule has 0 saturated carbocycles. The SMILES string of the molecule is CC1(c2ccc(F)c(Br)c2)NC(=O)N(CC(=O)O)C1=O. The number of nitrogens with zero attached hydrogens (tertiary/aromatic N) is 1. The van der Waals surface area contributed by atoms with Gasteiger partial charge >= 0.3 is 12.0 Å². The Bertz CT molecular complexity index is 621. The van der Waals surface area contributed by atoms with E-state index in [1.165, 1.54) is 19.1 Å². The van der Waals surface area contributed by atoms with Gasteiger partial charge in [0, 0.05) is 0 Å². The molecule has 2 rings (SSSR count). The number of hydrogen-bond donors (Lipinski definition) is 2. The highest BCUT2D eigenvalue weighted by Crippen LogP contribution is 2.31. The molecule has 20 heavy (non-hydrogen) atoms. The van der Waals surface area contributed by atoms with E-state index < -0.39 is 35.8 Å². The van der Waals surface area contributed by atoms with Gasteiger partial charge in [-0.05, 0) is 40.5 Å². The Morgan fingerprint density at radius 1 is 1.50 bits per heavy atom. The van der Waals surface area contributed by atoms with Gasteiger partial charge in [0.1, 0.15) is 17.9 Å². The molecular formula is C12H10BrFN2O4. The van der Waals surface area contributed by atoms with E-state index in [0.717, 1.165) is 6.07 Å². The van der Waals surface area contributed by atoms with Crippen molar-refractivity contribution in [2.24, 2.45) is 0 Å². The van der Waals surface area contributed by atoms with Gasteiger partial charge in [-0.15, -0.1) is 0 Å². The maximum absolute atomic E-state index is 13.2. The summed E-state index contributed by atoms with van der Waals surface area (Å²) in [5.74, 6) is -2.49. The van der Waals surface area contributed by atoms with Crippen molar-refractivity contribution in [3.05, 3.63) is 34.1 Å². The molecule has 1 fully saturated rings. The Morgan fingerprint density at radius 2 is 2.15 bits per heavy atom. The highest BCUT2D eigenvalue weighted by molar-refractivity contribution is 9.10. The quantitative estimate of drug-likeness (QED) is 0.812. The maximum Gasteiger partial charge on any atom is 0.325 e. The zero-order chi connectivity index (χ0) is 15.1. The third kappa shape index (κ3) is 2.26. The van der Waals surface area contributed by atoms with Crippen molar-refractivity contribution >= 4 is 33.8 Å². The molecule has 0 bridgehead atoms. The maximum atomic E-state index is 13.2. The lowest BCUT2D eigenvalue weighted by atomic mass is 9.92. The Hall–Kier alpha value is -1.96. The molecule has 6 nitrogen and oxygen atoms in total. The summed E-state index contributed by atoms with van der Waals surface area (Å²) in [7, 11) is 0. The summed E-state index contributed by atoms with van der Waals surface area (Å²) in [5, 5.41) is 11.1. The second kappa shape index (κ2) is 4.86. The molecule has 1 saturated heterocycles. The number of aliphatic carboxylic acids is 1. The molecule has 3 amide bonds. The predicted molar refractivity (Wildman–Crippen MR) is 69.3 cm³/mol. The van der Waals surface area contributed by atoms with Crippen LogP contribution in [0.4, 0.5) is 9.18 Å². The third-order valence-electron chi connectivity index (χ3n) is 3.07. The first kappa shape index (κ1) is 14.4. The number of hydrogen-bond acceptors (Lipinski definition) is 3. The third-order valence-corrected chi connectivity index (χ3v) is 3.67. The van der Waals surface area contributed by atoms with Crippen LogP contribution in [0.15, 0.2) is 22.7 Å². The standard InChI is InChI=1S/C12H10BrFN2O4/c1-12(6-2-3-8(14)7(13)4-6)10(19)16(5-9(17)18)11(20)15-12/h2-4H,5H2,1H3,(H,15,20)(H,17,18). The van der Waals surface area contributed by atoms with Crippen LogP contribution in [0.3, 0.4) is 0 Å². The smallest absolute Gasteiger partial charge is 0.325 e. The van der Waals surface area contributed by atoms with E-state index in [9.17, 15) is 18.8 Å². The zero-order valence-electron chi connectivity index (χ0n) is 10.3. The summed E-state index contributed by atoms with van der Waals surface area (Å²) in [4.78, 5) is 35.2. The van der Waals surface area contributed by atoms with Crippen molar-refractivity contribution in [1.29, 1.82) is 0 Å². The van der Waals surface area contributed by atoms with Crippen LogP contribution in [-0.4, -0.2) is 34.5 Å². The number of carboxylic acids is 1. The molecule has 106 valence electrons. The van der Waals surface area contributed by atoms with Crippen LogP contribution in [0.2, 0.25) is 0 Å². The van der Waals surface area contributed by atoms with E-state index in [1.807, 2.05) is 0 Å². The monoisotopic (exact) mass is 344 g/mol. The largest absolute Gasteiger partial charge is 0.480 e. The topological polar surface area (TPSA) is 86.7 Å². The van der Waals surface area contributed by atoms with Gasteiger partial charge in [-0.25, -0.2) is 9.18 Å². The Labute approximate surface area is 121 Å². The number of carbonyl (C=O) groups excluding carboxylic acids is 2. The van der Waals surface area contributed by atoms with E-state index in [4.69, 9.17) is 5.11 Å². The van der Waals surface area contributed by atoms with Crippen molar-refractivity contribution in [1.82, 2.24) is 10.2 Å². The first-order valence-corrected chi connectivity index (χ1v) is 6.36. The molecule has 8 heteroatoms. The number of imide groups is 1. The number of urea groups is 1. The number of rotatable bonds is 3. The van der Waals surface area contributed by atoms with Gasteiger partial charge in [0.25, 0.3) is 5.91 Å². The lowest BCUT2D eigenvalue weighted by Crippen LogP contribution is -2.41. The number of halogens is 2. The molecule has 1 aliphatic heterocycles. The summed E-state index contributed by atoms with van der Waals surface area (Å²) in [6, 6.07) is 3.10. The minimum absolute atomic E-state index is 0.148. The van der Waals surface area contributed by atoms with Crippen LogP contribution in [0, 0.1) is 5.82 Å². The van der Waals surface area contributed by atoms with E-state index in [2.05, 4.69) is 21.2 Å². The number of carbonyl (C=O) groups is 3. The van der Waals surface area contributed by atoms with Crippen LogP contribution in [-0.2, 0) is 15.1 Å². The second-order valence-corrected chi connectivity index (χ2v) is 5.32. The molecular weight excluding hydrogens is 335 g/mol. The van der Waals surface area contributed by atoms with E-state index >= 15 is 0 Å². The van der Waals surface area contributed by atoms with Gasteiger partial charge in [-0.1, -0.05) is 6.07 Å². The van der Waals surface area contributed by atoms with Crippen molar-refractivity contribution < 1.29 is 23.9 Å². The fourth-order valence-corrected chi connectivity index (χ4v) is 2.36. The predicted octanol–water partition coefficient (Wildman–Crippen LogP) is 1.44. The molecule has 1 unspecified atom stereocenters. The normalized spacial score (nSPS) is 22.1.